The lowest BCUT2D eigenvalue weighted by Gasteiger charge is -2.08. The third-order valence-electron chi connectivity index (χ3n) is 5.48. The van der Waals surface area contributed by atoms with Crippen molar-refractivity contribution in [3.63, 3.8) is 0 Å². The van der Waals surface area contributed by atoms with Crippen molar-refractivity contribution < 1.29 is 9.53 Å². The number of fused-ring (bicyclic) bond motifs is 1. The van der Waals surface area contributed by atoms with Crippen LogP contribution in [-0.4, -0.2) is 29.0 Å². The van der Waals surface area contributed by atoms with Crippen LogP contribution in [-0.2, 0) is 0 Å². The number of carbonyl (C=O) groups is 1. The van der Waals surface area contributed by atoms with E-state index in [-0.39, 0.29) is 11.6 Å². The highest BCUT2D eigenvalue weighted by molar-refractivity contribution is 5.95. The number of nitrogens with zero attached hydrogens (tertiary/aromatic N) is 3. The van der Waals surface area contributed by atoms with E-state index in [1.54, 1.807) is 24.1 Å². The maximum Gasteiger partial charge on any atom is 0.291 e. The maximum absolute atomic E-state index is 12.9. The molecule has 5 aromatic rings. The van der Waals surface area contributed by atoms with E-state index in [0.29, 0.717) is 0 Å². The molecule has 0 saturated carbocycles. The van der Waals surface area contributed by atoms with Crippen molar-refractivity contribution in [1.82, 2.24) is 15.2 Å². The van der Waals surface area contributed by atoms with Crippen molar-refractivity contribution >= 4 is 22.9 Å². The van der Waals surface area contributed by atoms with Crippen LogP contribution >= 0.6 is 0 Å². The highest BCUT2D eigenvalue weighted by atomic mass is 16.5. The van der Waals surface area contributed by atoms with Gasteiger partial charge in [-0.3, -0.25) is 4.79 Å². The predicted molar refractivity (Wildman–Crippen MR) is 135 cm³/mol. The third kappa shape index (κ3) is 4.42. The van der Waals surface area contributed by atoms with Gasteiger partial charge in [-0.15, -0.1) is 0 Å². The van der Waals surface area contributed by atoms with Gasteiger partial charge in [-0.05, 0) is 64.9 Å². The number of amides is 1. The van der Waals surface area contributed by atoms with Gasteiger partial charge in [-0.25, -0.2) is 10.1 Å². The first-order valence-electron chi connectivity index (χ1n) is 10.8. The van der Waals surface area contributed by atoms with Gasteiger partial charge >= 0.3 is 0 Å². The normalized spacial score (nSPS) is 11.1. The molecule has 6 heteroatoms. The molecule has 0 aliphatic rings. The molecule has 5 rings (SSSR count). The first-order chi connectivity index (χ1) is 16.7. The molecule has 0 spiro atoms. The molecule has 0 fully saturated rings. The van der Waals surface area contributed by atoms with Crippen LogP contribution in [0.3, 0.4) is 0 Å². The smallest absolute Gasteiger partial charge is 0.291 e. The summed E-state index contributed by atoms with van der Waals surface area (Å²) < 4.78 is 6.94. The summed E-state index contributed by atoms with van der Waals surface area (Å²) in [5.41, 5.74) is 6.35. The van der Waals surface area contributed by atoms with Crippen molar-refractivity contribution in [2.24, 2.45) is 5.10 Å². The van der Waals surface area contributed by atoms with Crippen molar-refractivity contribution in [2.45, 2.75) is 0 Å². The number of methoxy groups -OCH3 is 1. The summed E-state index contributed by atoms with van der Waals surface area (Å²) in [6, 6.07) is 33.3. The number of para-hydroxylation sites is 1. The number of hydrogen-bond donors (Lipinski definition) is 1. The van der Waals surface area contributed by atoms with Crippen molar-refractivity contribution in [3.05, 3.63) is 114 Å². The minimum Gasteiger partial charge on any atom is -0.497 e. The van der Waals surface area contributed by atoms with Gasteiger partial charge in [0, 0.05) is 5.56 Å². The molecule has 4 aromatic carbocycles. The SMILES string of the molecule is COc1ccc(/C=N\NC(=O)c2cc(-c3ccc4ccccc4c3)n(-c3ccccc3)n2)cc1. The van der Waals surface area contributed by atoms with Crippen LogP contribution in [0.4, 0.5) is 0 Å². The van der Waals surface area contributed by atoms with Crippen molar-refractivity contribution in [1.29, 1.82) is 0 Å². The molecule has 0 radical (unpaired) electrons. The fourth-order valence-corrected chi connectivity index (χ4v) is 3.73. The van der Waals surface area contributed by atoms with E-state index in [1.165, 1.54) is 0 Å². The zero-order valence-electron chi connectivity index (χ0n) is 18.6. The van der Waals surface area contributed by atoms with E-state index in [0.717, 1.165) is 39.0 Å². The largest absolute Gasteiger partial charge is 0.497 e. The molecule has 1 heterocycles. The number of carbonyl (C=O) groups excluding carboxylic acids is 1. The van der Waals surface area contributed by atoms with Gasteiger partial charge in [0.2, 0.25) is 0 Å². The van der Waals surface area contributed by atoms with Crippen LogP contribution in [0, 0.1) is 0 Å². The Labute approximate surface area is 197 Å². The quantitative estimate of drug-likeness (QED) is 0.278. The average Bonchev–Trinajstić information content (AvgIpc) is 3.35. The Balaban J connectivity index is 1.46. The van der Waals surface area contributed by atoms with Gasteiger partial charge in [-0.2, -0.15) is 10.2 Å². The van der Waals surface area contributed by atoms with Gasteiger partial charge in [0.25, 0.3) is 5.91 Å². The molecular weight excluding hydrogens is 424 g/mol. The van der Waals surface area contributed by atoms with Gasteiger partial charge in [0.1, 0.15) is 5.75 Å². The second-order valence-corrected chi connectivity index (χ2v) is 7.70. The molecule has 34 heavy (non-hydrogen) atoms. The Hall–Kier alpha value is -4.71. The van der Waals surface area contributed by atoms with Crippen LogP contribution in [0.25, 0.3) is 27.7 Å². The molecule has 0 bridgehead atoms. The fraction of sp³-hybridized carbons (Fsp3) is 0.0357. The Morgan fingerprint density at radius 1 is 0.882 bits per heavy atom. The van der Waals surface area contributed by atoms with Crippen molar-refractivity contribution in [2.75, 3.05) is 7.11 Å². The molecule has 1 aromatic heterocycles. The topological polar surface area (TPSA) is 68.5 Å². The number of nitrogens with one attached hydrogen (secondary N) is 1. The average molecular weight is 447 g/mol. The van der Waals surface area contributed by atoms with Gasteiger partial charge in [0.15, 0.2) is 5.69 Å². The summed E-state index contributed by atoms with van der Waals surface area (Å²) in [6.45, 7) is 0. The summed E-state index contributed by atoms with van der Waals surface area (Å²) in [7, 11) is 1.62. The number of rotatable bonds is 6. The number of hydrogen-bond acceptors (Lipinski definition) is 4. The summed E-state index contributed by atoms with van der Waals surface area (Å²) >= 11 is 0. The highest BCUT2D eigenvalue weighted by Crippen LogP contribution is 2.27. The lowest BCUT2D eigenvalue weighted by Crippen LogP contribution is -2.18. The maximum atomic E-state index is 12.9. The molecule has 0 saturated heterocycles. The Morgan fingerprint density at radius 2 is 1.62 bits per heavy atom. The first kappa shape index (κ1) is 21.2. The number of aromatic nitrogens is 2. The second-order valence-electron chi connectivity index (χ2n) is 7.70. The third-order valence-corrected chi connectivity index (χ3v) is 5.48. The van der Waals surface area contributed by atoms with Crippen LogP contribution in [0.1, 0.15) is 16.1 Å². The second kappa shape index (κ2) is 9.42. The summed E-state index contributed by atoms with van der Waals surface area (Å²) in [5, 5.41) is 11.0. The zero-order valence-corrected chi connectivity index (χ0v) is 18.6. The molecule has 0 aliphatic carbocycles. The molecule has 0 unspecified atom stereocenters. The molecule has 1 amide bonds. The lowest BCUT2D eigenvalue weighted by atomic mass is 10.0. The summed E-state index contributed by atoms with van der Waals surface area (Å²) in [5.74, 6) is 0.371. The van der Waals surface area contributed by atoms with Gasteiger partial charge < -0.3 is 4.74 Å². The van der Waals surface area contributed by atoms with Crippen LogP contribution in [0.5, 0.6) is 5.75 Å². The van der Waals surface area contributed by atoms with E-state index < -0.39 is 0 Å². The summed E-state index contributed by atoms with van der Waals surface area (Å²) in [6.07, 6.45) is 1.58. The van der Waals surface area contributed by atoms with Gasteiger partial charge in [0.05, 0.1) is 24.7 Å². The molecule has 166 valence electrons. The first-order valence-corrected chi connectivity index (χ1v) is 10.8. The molecule has 1 N–H and O–H groups in total. The number of ether oxygens (including phenoxy) is 1. The zero-order chi connectivity index (χ0) is 23.3. The van der Waals surface area contributed by atoms with E-state index in [9.17, 15) is 4.79 Å². The Kier molecular flexibility index (Phi) is 5.86. The van der Waals surface area contributed by atoms with Gasteiger partial charge in [-0.1, -0.05) is 54.6 Å². The molecule has 0 atom stereocenters. The fourth-order valence-electron chi connectivity index (χ4n) is 3.73. The monoisotopic (exact) mass is 446 g/mol. The molecule has 0 aliphatic heterocycles. The lowest BCUT2D eigenvalue weighted by molar-refractivity contribution is 0.0949. The van der Waals surface area contributed by atoms with E-state index in [4.69, 9.17) is 4.74 Å². The predicted octanol–water partition coefficient (Wildman–Crippen LogP) is 5.47. The summed E-state index contributed by atoms with van der Waals surface area (Å²) in [4.78, 5) is 12.9. The van der Waals surface area contributed by atoms with E-state index in [1.807, 2.05) is 72.8 Å². The Morgan fingerprint density at radius 3 is 2.38 bits per heavy atom. The van der Waals surface area contributed by atoms with Crippen LogP contribution in [0.2, 0.25) is 0 Å². The van der Waals surface area contributed by atoms with Crippen LogP contribution < -0.4 is 10.2 Å². The molecule has 6 nitrogen and oxygen atoms in total. The molecular formula is C28H22N4O2. The van der Waals surface area contributed by atoms with E-state index >= 15 is 0 Å². The minimum absolute atomic E-state index is 0.277. The van der Waals surface area contributed by atoms with E-state index in [2.05, 4.69) is 39.9 Å². The highest BCUT2D eigenvalue weighted by Gasteiger charge is 2.17. The van der Waals surface area contributed by atoms with Crippen molar-refractivity contribution in [3.8, 4) is 22.7 Å². The number of benzene rings is 4. The van der Waals surface area contributed by atoms with Crippen LogP contribution in [0.15, 0.2) is 108 Å². The standard InChI is InChI=1S/C28H22N4O2/c1-34-25-15-11-20(12-16-25)19-29-30-28(33)26-18-27(32(31-26)24-9-3-2-4-10-24)23-14-13-21-7-5-6-8-22(21)17-23/h2-19H,1H3,(H,30,33)/b29-19-. The minimum atomic E-state index is -0.388. The Bertz CT molecular complexity index is 1470. The number of hydrazone groups is 1.